The van der Waals surface area contributed by atoms with Gasteiger partial charge < -0.3 is 20.6 Å². The zero-order valence-electron chi connectivity index (χ0n) is 13.1. The fraction of sp³-hybridized carbons (Fsp3) is 0.111. The van der Waals surface area contributed by atoms with Crippen molar-refractivity contribution in [2.45, 2.75) is 13.0 Å². The van der Waals surface area contributed by atoms with Gasteiger partial charge in [-0.05, 0) is 23.3 Å². The molecule has 0 saturated heterocycles. The van der Waals surface area contributed by atoms with Gasteiger partial charge in [-0.15, -0.1) is 11.3 Å². The maximum atomic E-state index is 12.1. The molecule has 0 radical (unpaired) electrons. The fourth-order valence-corrected chi connectivity index (χ4v) is 3.03. The van der Waals surface area contributed by atoms with Gasteiger partial charge in [0.25, 0.3) is 0 Å². The molecule has 0 saturated carbocycles. The number of carbonyl (C=O) groups is 1. The molecule has 2 aromatic carbocycles. The first kappa shape index (κ1) is 16.9. The number of aromatic nitrogens is 1. The maximum absolute atomic E-state index is 12.1. The summed E-state index contributed by atoms with van der Waals surface area (Å²) in [5.74, 6) is -0.671. The van der Waals surface area contributed by atoms with Crippen LogP contribution in [0.3, 0.4) is 0 Å². The minimum Gasteiger partial charge on any atom is -0.504 e. The van der Waals surface area contributed by atoms with E-state index in [4.69, 9.17) is 5.11 Å². The molecule has 6 nitrogen and oxygen atoms in total. The summed E-state index contributed by atoms with van der Waals surface area (Å²) in [4.78, 5) is 16.4. The molecule has 0 aliphatic rings. The lowest BCUT2D eigenvalue weighted by Gasteiger charge is -2.04. The van der Waals surface area contributed by atoms with Crippen LogP contribution in [-0.4, -0.2) is 26.2 Å². The predicted molar refractivity (Wildman–Crippen MR) is 95.6 cm³/mol. The first-order valence-corrected chi connectivity index (χ1v) is 8.40. The average Bonchev–Trinajstić information content (AvgIpc) is 3.06. The SMILES string of the molecule is O=C(Cc1ccc(CO)cc1)Nc1nc(-c2cccc(O)c2O)cs1. The van der Waals surface area contributed by atoms with Gasteiger partial charge in [0.1, 0.15) is 0 Å². The fourth-order valence-electron chi connectivity index (χ4n) is 2.30. The summed E-state index contributed by atoms with van der Waals surface area (Å²) >= 11 is 1.24. The standard InChI is InChI=1S/C18H16N2O4S/c21-9-12-6-4-11(5-7-12)8-16(23)20-18-19-14(10-25-18)13-2-1-3-15(22)17(13)24/h1-7,10,21-22,24H,8-9H2,(H,19,20,23). The highest BCUT2D eigenvalue weighted by Gasteiger charge is 2.13. The number of phenolic OH excluding ortho intramolecular Hbond substituents is 2. The Morgan fingerprint density at radius 3 is 2.52 bits per heavy atom. The number of amides is 1. The second-order valence-corrected chi connectivity index (χ2v) is 6.27. The average molecular weight is 356 g/mol. The largest absolute Gasteiger partial charge is 0.504 e. The number of nitrogens with one attached hydrogen (secondary N) is 1. The van der Waals surface area contributed by atoms with Crippen LogP contribution in [0.1, 0.15) is 11.1 Å². The Balaban J connectivity index is 1.68. The van der Waals surface area contributed by atoms with Gasteiger partial charge in [-0.1, -0.05) is 30.3 Å². The van der Waals surface area contributed by atoms with Crippen molar-refractivity contribution < 1.29 is 20.1 Å². The molecule has 3 rings (SSSR count). The van der Waals surface area contributed by atoms with Gasteiger partial charge in [0.15, 0.2) is 16.6 Å². The Bertz CT molecular complexity index is 890. The molecule has 0 spiro atoms. The molecule has 7 heteroatoms. The molecule has 1 heterocycles. The lowest BCUT2D eigenvalue weighted by Crippen LogP contribution is -2.14. The summed E-state index contributed by atoms with van der Waals surface area (Å²) in [6.45, 7) is -0.0315. The minimum absolute atomic E-state index is 0.0315. The third kappa shape index (κ3) is 3.96. The van der Waals surface area contributed by atoms with Crippen molar-refractivity contribution in [2.75, 3.05) is 5.32 Å². The highest BCUT2D eigenvalue weighted by molar-refractivity contribution is 7.14. The van der Waals surface area contributed by atoms with E-state index < -0.39 is 0 Å². The van der Waals surface area contributed by atoms with E-state index in [1.807, 2.05) is 0 Å². The number of anilines is 1. The molecule has 128 valence electrons. The van der Waals surface area contributed by atoms with E-state index in [-0.39, 0.29) is 30.4 Å². The summed E-state index contributed by atoms with van der Waals surface area (Å²) in [5, 5.41) is 33.3. The number of phenols is 2. The molecule has 3 aromatic rings. The van der Waals surface area contributed by atoms with Crippen molar-refractivity contribution in [1.82, 2.24) is 4.98 Å². The van der Waals surface area contributed by atoms with E-state index in [1.165, 1.54) is 17.4 Å². The van der Waals surface area contributed by atoms with Crippen LogP contribution in [0.5, 0.6) is 11.5 Å². The van der Waals surface area contributed by atoms with Gasteiger partial charge in [-0.3, -0.25) is 4.79 Å². The van der Waals surface area contributed by atoms with Crippen LogP contribution in [0.25, 0.3) is 11.3 Å². The second kappa shape index (κ2) is 7.33. The molecule has 0 unspecified atom stereocenters. The van der Waals surface area contributed by atoms with E-state index in [0.29, 0.717) is 16.4 Å². The summed E-state index contributed by atoms with van der Waals surface area (Å²) < 4.78 is 0. The lowest BCUT2D eigenvalue weighted by molar-refractivity contribution is -0.115. The Morgan fingerprint density at radius 1 is 1.08 bits per heavy atom. The first-order chi connectivity index (χ1) is 12.1. The van der Waals surface area contributed by atoms with Crippen LogP contribution in [-0.2, 0) is 17.8 Å². The predicted octanol–water partition coefficient (Wildman–Crippen LogP) is 2.89. The molecule has 0 aliphatic heterocycles. The van der Waals surface area contributed by atoms with Gasteiger partial charge in [0, 0.05) is 10.9 Å². The second-order valence-electron chi connectivity index (χ2n) is 5.41. The molecule has 1 aromatic heterocycles. The number of thiazole rings is 1. The van der Waals surface area contributed by atoms with Gasteiger partial charge in [0.05, 0.1) is 18.7 Å². The lowest BCUT2D eigenvalue weighted by atomic mass is 10.1. The summed E-state index contributed by atoms with van der Waals surface area (Å²) in [5.41, 5.74) is 2.49. The van der Waals surface area contributed by atoms with Crippen molar-refractivity contribution in [3.8, 4) is 22.8 Å². The topological polar surface area (TPSA) is 103 Å². The monoisotopic (exact) mass is 356 g/mol. The zero-order valence-corrected chi connectivity index (χ0v) is 14.0. The minimum atomic E-state index is -0.241. The molecular formula is C18H16N2O4S. The summed E-state index contributed by atoms with van der Waals surface area (Å²) in [7, 11) is 0. The molecule has 0 aliphatic carbocycles. The highest BCUT2D eigenvalue weighted by Crippen LogP contribution is 2.37. The number of aliphatic hydroxyl groups excluding tert-OH is 1. The quantitative estimate of drug-likeness (QED) is 0.527. The van der Waals surface area contributed by atoms with Crippen molar-refractivity contribution in [3.63, 3.8) is 0 Å². The van der Waals surface area contributed by atoms with Crippen molar-refractivity contribution >= 4 is 22.4 Å². The third-order valence-corrected chi connectivity index (χ3v) is 4.37. The van der Waals surface area contributed by atoms with Crippen LogP contribution >= 0.6 is 11.3 Å². The Labute approximate surface area is 148 Å². The summed E-state index contributed by atoms with van der Waals surface area (Å²) in [6, 6.07) is 11.8. The molecule has 0 bridgehead atoms. The van der Waals surface area contributed by atoms with E-state index in [9.17, 15) is 15.0 Å². The zero-order chi connectivity index (χ0) is 17.8. The van der Waals surface area contributed by atoms with Crippen LogP contribution in [0, 0.1) is 0 Å². The highest BCUT2D eigenvalue weighted by atomic mass is 32.1. The maximum Gasteiger partial charge on any atom is 0.230 e. The van der Waals surface area contributed by atoms with E-state index in [2.05, 4.69) is 10.3 Å². The molecule has 4 N–H and O–H groups in total. The smallest absolute Gasteiger partial charge is 0.230 e. The number of nitrogens with zero attached hydrogens (tertiary/aromatic N) is 1. The van der Waals surface area contributed by atoms with Crippen molar-refractivity contribution in [3.05, 3.63) is 59.0 Å². The van der Waals surface area contributed by atoms with Crippen molar-refractivity contribution in [1.29, 1.82) is 0 Å². The number of hydrogen-bond donors (Lipinski definition) is 4. The Morgan fingerprint density at radius 2 is 1.80 bits per heavy atom. The number of carbonyl (C=O) groups excluding carboxylic acids is 1. The van der Waals surface area contributed by atoms with E-state index >= 15 is 0 Å². The number of hydrogen-bond acceptors (Lipinski definition) is 6. The van der Waals surface area contributed by atoms with E-state index in [1.54, 1.807) is 41.8 Å². The molecule has 0 fully saturated rings. The normalized spacial score (nSPS) is 10.6. The number of aliphatic hydroxyl groups is 1. The van der Waals surface area contributed by atoms with Crippen LogP contribution in [0.4, 0.5) is 5.13 Å². The Hall–Kier alpha value is -2.90. The van der Waals surface area contributed by atoms with Gasteiger partial charge in [0.2, 0.25) is 5.91 Å². The molecule has 25 heavy (non-hydrogen) atoms. The third-order valence-electron chi connectivity index (χ3n) is 3.61. The van der Waals surface area contributed by atoms with Gasteiger partial charge in [-0.25, -0.2) is 4.98 Å². The number of aromatic hydroxyl groups is 2. The van der Waals surface area contributed by atoms with Crippen LogP contribution in [0.15, 0.2) is 47.8 Å². The first-order valence-electron chi connectivity index (χ1n) is 7.52. The van der Waals surface area contributed by atoms with Crippen molar-refractivity contribution in [2.24, 2.45) is 0 Å². The van der Waals surface area contributed by atoms with Crippen LogP contribution < -0.4 is 5.32 Å². The number of para-hydroxylation sites is 1. The van der Waals surface area contributed by atoms with Crippen LogP contribution in [0.2, 0.25) is 0 Å². The van der Waals surface area contributed by atoms with Gasteiger partial charge >= 0.3 is 0 Å². The molecule has 0 atom stereocenters. The molecular weight excluding hydrogens is 340 g/mol. The van der Waals surface area contributed by atoms with E-state index in [0.717, 1.165) is 11.1 Å². The number of benzene rings is 2. The molecule has 1 amide bonds. The summed E-state index contributed by atoms with van der Waals surface area (Å²) in [6.07, 6.45) is 0.192. The Kier molecular flexibility index (Phi) is 4.97. The van der Waals surface area contributed by atoms with Gasteiger partial charge in [-0.2, -0.15) is 0 Å². The number of rotatable bonds is 5.